The van der Waals surface area contributed by atoms with Crippen LogP contribution in [0.25, 0.3) is 0 Å². The number of rotatable bonds is 3. The molecule has 0 aliphatic carbocycles. The van der Waals surface area contributed by atoms with E-state index < -0.39 is 0 Å². The third-order valence-electron chi connectivity index (χ3n) is 3.38. The monoisotopic (exact) mass is 227 g/mol. The van der Waals surface area contributed by atoms with Crippen LogP contribution in [0.2, 0.25) is 0 Å². The standard InChI is InChI=1S/C14H17N3/c1-17-10-11(9-15-17)6-7-13-8-12-4-2-3-5-14(12)16-13/h2-5,9-10,13,16H,6-8H2,1H3. The van der Waals surface area contributed by atoms with Gasteiger partial charge in [-0.05, 0) is 36.5 Å². The first-order valence-corrected chi connectivity index (χ1v) is 6.13. The van der Waals surface area contributed by atoms with Crippen molar-refractivity contribution in [3.8, 4) is 0 Å². The zero-order valence-corrected chi connectivity index (χ0v) is 10.1. The summed E-state index contributed by atoms with van der Waals surface area (Å²) in [5, 5.41) is 7.78. The van der Waals surface area contributed by atoms with Crippen molar-refractivity contribution in [1.29, 1.82) is 0 Å². The molecule has 2 aromatic rings. The van der Waals surface area contributed by atoms with Crippen LogP contribution in [0.4, 0.5) is 5.69 Å². The van der Waals surface area contributed by atoms with Gasteiger partial charge in [-0.25, -0.2) is 0 Å². The Bertz CT molecular complexity index is 491. The van der Waals surface area contributed by atoms with Gasteiger partial charge in [0.15, 0.2) is 0 Å². The van der Waals surface area contributed by atoms with Gasteiger partial charge >= 0.3 is 0 Å². The minimum atomic E-state index is 0.576. The van der Waals surface area contributed by atoms with Crippen LogP contribution in [-0.2, 0) is 19.9 Å². The van der Waals surface area contributed by atoms with Crippen LogP contribution in [0, 0.1) is 0 Å². The molecule has 0 saturated carbocycles. The van der Waals surface area contributed by atoms with Gasteiger partial charge in [-0.15, -0.1) is 0 Å². The molecule has 1 N–H and O–H groups in total. The maximum atomic E-state index is 4.20. The zero-order chi connectivity index (χ0) is 11.7. The number of fused-ring (bicyclic) bond motifs is 1. The Morgan fingerprint density at radius 1 is 1.41 bits per heavy atom. The van der Waals surface area contributed by atoms with Gasteiger partial charge in [-0.3, -0.25) is 4.68 Å². The van der Waals surface area contributed by atoms with Gasteiger partial charge in [-0.1, -0.05) is 18.2 Å². The van der Waals surface area contributed by atoms with Crippen LogP contribution in [-0.4, -0.2) is 15.8 Å². The molecule has 1 aliphatic rings. The van der Waals surface area contributed by atoms with E-state index in [1.165, 1.54) is 23.2 Å². The number of hydrogen-bond acceptors (Lipinski definition) is 2. The second kappa shape index (κ2) is 4.24. The maximum Gasteiger partial charge on any atom is 0.0521 e. The van der Waals surface area contributed by atoms with Crippen LogP contribution in [0.3, 0.4) is 0 Å². The molecule has 3 heteroatoms. The molecular formula is C14H17N3. The summed E-state index contributed by atoms with van der Waals surface area (Å²) in [6.45, 7) is 0. The summed E-state index contributed by atoms with van der Waals surface area (Å²) < 4.78 is 1.87. The van der Waals surface area contributed by atoms with Crippen molar-refractivity contribution in [1.82, 2.24) is 9.78 Å². The molecule has 1 atom stereocenters. The Hall–Kier alpha value is -1.77. The van der Waals surface area contributed by atoms with Gasteiger partial charge in [0.1, 0.15) is 0 Å². The first-order chi connectivity index (χ1) is 8.31. The number of benzene rings is 1. The lowest BCUT2D eigenvalue weighted by molar-refractivity contribution is 0.674. The second-order valence-corrected chi connectivity index (χ2v) is 4.76. The Morgan fingerprint density at radius 3 is 3.06 bits per heavy atom. The minimum Gasteiger partial charge on any atom is -0.382 e. The van der Waals surface area contributed by atoms with Crippen molar-refractivity contribution in [2.75, 3.05) is 5.32 Å². The van der Waals surface area contributed by atoms with Gasteiger partial charge in [-0.2, -0.15) is 5.10 Å². The number of aromatic nitrogens is 2. The highest BCUT2D eigenvalue weighted by molar-refractivity contribution is 5.56. The van der Waals surface area contributed by atoms with Crippen LogP contribution in [0.15, 0.2) is 36.7 Å². The molecule has 1 aromatic carbocycles. The van der Waals surface area contributed by atoms with E-state index in [0.717, 1.165) is 12.8 Å². The van der Waals surface area contributed by atoms with E-state index in [9.17, 15) is 0 Å². The average molecular weight is 227 g/mol. The van der Waals surface area contributed by atoms with Crippen molar-refractivity contribution in [2.45, 2.75) is 25.3 Å². The van der Waals surface area contributed by atoms with E-state index in [-0.39, 0.29) is 0 Å². The van der Waals surface area contributed by atoms with Crippen molar-refractivity contribution in [3.05, 3.63) is 47.8 Å². The fraction of sp³-hybridized carbons (Fsp3) is 0.357. The predicted molar refractivity (Wildman–Crippen MR) is 69.1 cm³/mol. The van der Waals surface area contributed by atoms with E-state index in [4.69, 9.17) is 0 Å². The summed E-state index contributed by atoms with van der Waals surface area (Å²) in [5.74, 6) is 0. The van der Waals surface area contributed by atoms with E-state index >= 15 is 0 Å². The molecule has 0 saturated heterocycles. The molecule has 17 heavy (non-hydrogen) atoms. The van der Waals surface area contributed by atoms with Crippen LogP contribution in [0.1, 0.15) is 17.5 Å². The van der Waals surface area contributed by atoms with Gasteiger partial charge in [0.25, 0.3) is 0 Å². The first-order valence-electron chi connectivity index (χ1n) is 6.13. The van der Waals surface area contributed by atoms with E-state index in [0.29, 0.717) is 6.04 Å². The molecule has 3 nitrogen and oxygen atoms in total. The van der Waals surface area contributed by atoms with Crippen molar-refractivity contribution < 1.29 is 0 Å². The summed E-state index contributed by atoms with van der Waals surface area (Å²) in [7, 11) is 1.97. The molecule has 3 rings (SSSR count). The molecule has 0 radical (unpaired) electrons. The average Bonchev–Trinajstić information content (AvgIpc) is 2.91. The van der Waals surface area contributed by atoms with Crippen LogP contribution in [0.5, 0.6) is 0 Å². The van der Waals surface area contributed by atoms with E-state index in [2.05, 4.69) is 40.9 Å². The van der Waals surface area contributed by atoms with Gasteiger partial charge in [0.2, 0.25) is 0 Å². The largest absolute Gasteiger partial charge is 0.382 e. The number of anilines is 1. The zero-order valence-electron chi connectivity index (χ0n) is 10.1. The lowest BCUT2D eigenvalue weighted by Crippen LogP contribution is -2.15. The topological polar surface area (TPSA) is 29.9 Å². The molecule has 0 amide bonds. The number of nitrogens with one attached hydrogen (secondary N) is 1. The molecule has 1 aliphatic heterocycles. The van der Waals surface area contributed by atoms with Crippen LogP contribution < -0.4 is 5.32 Å². The maximum absolute atomic E-state index is 4.20. The molecular weight excluding hydrogens is 210 g/mol. The molecule has 1 unspecified atom stereocenters. The highest BCUT2D eigenvalue weighted by Crippen LogP contribution is 2.27. The normalized spacial score (nSPS) is 17.8. The smallest absolute Gasteiger partial charge is 0.0521 e. The molecule has 1 aromatic heterocycles. The molecule has 2 heterocycles. The number of aryl methyl sites for hydroxylation is 2. The molecule has 0 spiro atoms. The quantitative estimate of drug-likeness (QED) is 0.872. The lowest BCUT2D eigenvalue weighted by atomic mass is 10.0. The molecule has 0 fully saturated rings. The summed E-state index contributed by atoms with van der Waals surface area (Å²) in [4.78, 5) is 0. The Morgan fingerprint density at radius 2 is 2.29 bits per heavy atom. The van der Waals surface area contributed by atoms with Gasteiger partial charge in [0.05, 0.1) is 6.20 Å². The molecule has 0 bridgehead atoms. The summed E-state index contributed by atoms with van der Waals surface area (Å²) in [5.41, 5.74) is 4.08. The van der Waals surface area contributed by atoms with Gasteiger partial charge < -0.3 is 5.32 Å². The lowest BCUT2D eigenvalue weighted by Gasteiger charge is -2.09. The minimum absolute atomic E-state index is 0.576. The van der Waals surface area contributed by atoms with Gasteiger partial charge in [0, 0.05) is 25.0 Å². The van der Waals surface area contributed by atoms with Crippen molar-refractivity contribution in [2.24, 2.45) is 7.05 Å². The third-order valence-corrected chi connectivity index (χ3v) is 3.38. The molecule has 88 valence electrons. The summed E-state index contributed by atoms with van der Waals surface area (Å²) in [6.07, 6.45) is 7.47. The predicted octanol–water partition coefficient (Wildman–Crippen LogP) is 2.39. The number of para-hydroxylation sites is 1. The summed E-state index contributed by atoms with van der Waals surface area (Å²) >= 11 is 0. The Kier molecular flexibility index (Phi) is 2.59. The van der Waals surface area contributed by atoms with Crippen molar-refractivity contribution in [3.63, 3.8) is 0 Å². The van der Waals surface area contributed by atoms with Crippen molar-refractivity contribution >= 4 is 5.69 Å². The SMILES string of the molecule is Cn1cc(CCC2Cc3ccccc3N2)cn1. The number of nitrogens with zero attached hydrogens (tertiary/aromatic N) is 2. The fourth-order valence-electron chi connectivity index (χ4n) is 2.49. The Balaban J connectivity index is 1.59. The highest BCUT2D eigenvalue weighted by atomic mass is 15.2. The fourth-order valence-corrected chi connectivity index (χ4v) is 2.49. The second-order valence-electron chi connectivity index (χ2n) is 4.76. The first kappa shape index (κ1) is 10.4. The highest BCUT2D eigenvalue weighted by Gasteiger charge is 2.19. The van der Waals surface area contributed by atoms with E-state index in [1.807, 2.05) is 17.9 Å². The summed E-state index contributed by atoms with van der Waals surface area (Å²) in [6, 6.07) is 9.16. The third kappa shape index (κ3) is 2.18. The Labute approximate surface area is 101 Å². The van der Waals surface area contributed by atoms with Crippen LogP contribution >= 0.6 is 0 Å². The number of hydrogen-bond donors (Lipinski definition) is 1. The van der Waals surface area contributed by atoms with E-state index in [1.54, 1.807) is 0 Å².